The molecular weight excluding hydrogens is 274 g/mol. The summed E-state index contributed by atoms with van der Waals surface area (Å²) in [7, 11) is -3.24. The van der Waals surface area contributed by atoms with Gasteiger partial charge in [-0.05, 0) is 6.42 Å². The molecule has 1 heterocycles. The number of nitrogens with zero attached hydrogens (tertiary/aromatic N) is 1. The summed E-state index contributed by atoms with van der Waals surface area (Å²) in [4.78, 5) is 15.8. The topological polar surface area (TPSA) is 88.2 Å². The van der Waals surface area contributed by atoms with Crippen LogP contribution in [0.25, 0.3) is 0 Å². The van der Waals surface area contributed by atoms with Crippen LogP contribution in [0.4, 0.5) is 0 Å². The number of nitrogens with one attached hydrogen (secondary N) is 2. The van der Waals surface area contributed by atoms with Gasteiger partial charge in [0.2, 0.25) is 15.9 Å². The van der Waals surface area contributed by atoms with Gasteiger partial charge in [-0.1, -0.05) is 6.92 Å². The second kappa shape index (κ2) is 6.81. The number of carbonyl (C=O) groups is 1. The van der Waals surface area contributed by atoms with Crippen molar-refractivity contribution in [1.29, 1.82) is 0 Å². The molecule has 0 bridgehead atoms. The fourth-order valence-corrected chi connectivity index (χ4v) is 2.61. The first-order chi connectivity index (χ1) is 8.42. The highest BCUT2D eigenvalue weighted by Gasteiger charge is 2.14. The molecule has 0 aliphatic rings. The van der Waals surface area contributed by atoms with Crippen molar-refractivity contribution in [1.82, 2.24) is 15.0 Å². The first-order valence-electron chi connectivity index (χ1n) is 5.55. The zero-order chi connectivity index (χ0) is 13.6. The van der Waals surface area contributed by atoms with Gasteiger partial charge in [-0.2, -0.15) is 0 Å². The van der Waals surface area contributed by atoms with E-state index in [-0.39, 0.29) is 24.9 Å². The Balaban J connectivity index is 2.39. The van der Waals surface area contributed by atoms with Gasteiger partial charge >= 0.3 is 0 Å². The molecule has 0 aliphatic carbocycles. The van der Waals surface area contributed by atoms with Crippen LogP contribution in [-0.4, -0.2) is 32.1 Å². The molecule has 18 heavy (non-hydrogen) atoms. The highest BCUT2D eigenvalue weighted by molar-refractivity contribution is 7.88. The summed E-state index contributed by atoms with van der Waals surface area (Å²) in [5, 5.41) is 5.55. The van der Waals surface area contributed by atoms with Crippen molar-refractivity contribution in [2.75, 3.05) is 12.8 Å². The van der Waals surface area contributed by atoms with Crippen LogP contribution in [0.1, 0.15) is 30.8 Å². The lowest BCUT2D eigenvalue weighted by molar-refractivity contribution is -0.121. The molecule has 1 atom stereocenters. The smallest absolute Gasteiger partial charge is 0.221 e. The van der Waals surface area contributed by atoms with E-state index in [9.17, 15) is 13.2 Å². The summed E-state index contributed by atoms with van der Waals surface area (Å²) in [5.41, 5.74) is 0. The van der Waals surface area contributed by atoms with Gasteiger partial charge in [-0.3, -0.25) is 4.79 Å². The van der Waals surface area contributed by atoms with Crippen LogP contribution in [0.5, 0.6) is 0 Å². The van der Waals surface area contributed by atoms with Crippen molar-refractivity contribution in [2.24, 2.45) is 0 Å². The monoisotopic (exact) mass is 291 g/mol. The average Bonchev–Trinajstić information content (AvgIpc) is 2.77. The number of carbonyl (C=O) groups excluding carboxylic acids is 1. The standard InChI is InChI=1S/C10H17N3O3S2/c1-3-8(10-11-6-7-17-10)13-9(14)4-5-12-18(2,15)16/h6-8,12H,3-5H2,1-2H3,(H,13,14)/t8-/m0/s1. The van der Waals surface area contributed by atoms with Gasteiger partial charge in [0, 0.05) is 24.5 Å². The molecule has 0 spiro atoms. The number of hydrogen-bond donors (Lipinski definition) is 2. The minimum absolute atomic E-state index is 0.101. The molecule has 0 radical (unpaired) electrons. The second-order valence-electron chi connectivity index (χ2n) is 3.82. The van der Waals surface area contributed by atoms with Crippen LogP contribution in [0, 0.1) is 0 Å². The Morgan fingerprint density at radius 3 is 2.78 bits per heavy atom. The lowest BCUT2D eigenvalue weighted by atomic mass is 10.2. The van der Waals surface area contributed by atoms with Crippen LogP contribution in [0.15, 0.2) is 11.6 Å². The second-order valence-corrected chi connectivity index (χ2v) is 6.57. The molecule has 1 rings (SSSR count). The molecular formula is C10H17N3O3S2. The Hall–Kier alpha value is -0.990. The van der Waals surface area contributed by atoms with E-state index in [4.69, 9.17) is 0 Å². The molecule has 2 N–H and O–H groups in total. The molecule has 0 unspecified atom stereocenters. The van der Waals surface area contributed by atoms with Gasteiger partial charge in [0.25, 0.3) is 0 Å². The van der Waals surface area contributed by atoms with E-state index in [0.29, 0.717) is 0 Å². The SMILES string of the molecule is CC[C@H](NC(=O)CCNS(C)(=O)=O)c1nccs1. The van der Waals surface area contributed by atoms with Crippen LogP contribution >= 0.6 is 11.3 Å². The van der Waals surface area contributed by atoms with Crippen LogP contribution in [0.2, 0.25) is 0 Å². The number of rotatable bonds is 7. The predicted molar refractivity (Wildman–Crippen MR) is 70.8 cm³/mol. The minimum atomic E-state index is -3.24. The molecule has 0 aromatic carbocycles. The van der Waals surface area contributed by atoms with Crippen molar-refractivity contribution >= 4 is 27.3 Å². The van der Waals surface area contributed by atoms with Crippen molar-refractivity contribution in [3.8, 4) is 0 Å². The zero-order valence-corrected chi connectivity index (χ0v) is 12.0. The van der Waals surface area contributed by atoms with Crippen molar-refractivity contribution < 1.29 is 13.2 Å². The van der Waals surface area contributed by atoms with Gasteiger partial charge < -0.3 is 5.32 Å². The van der Waals surface area contributed by atoms with E-state index in [2.05, 4.69) is 15.0 Å². The van der Waals surface area contributed by atoms with Gasteiger partial charge in [-0.15, -0.1) is 11.3 Å². The maximum Gasteiger partial charge on any atom is 0.221 e. The van der Waals surface area contributed by atoms with E-state index in [1.54, 1.807) is 6.20 Å². The lowest BCUT2D eigenvalue weighted by Crippen LogP contribution is -2.32. The summed E-state index contributed by atoms with van der Waals surface area (Å²) < 4.78 is 23.9. The normalized spacial score (nSPS) is 13.2. The Bertz CT molecular complexity index is 471. The Kier molecular flexibility index (Phi) is 5.70. The molecule has 1 aromatic rings. The summed E-state index contributed by atoms with van der Waals surface area (Å²) >= 11 is 1.49. The third-order valence-electron chi connectivity index (χ3n) is 2.21. The Labute approximate surface area is 111 Å². The Morgan fingerprint density at radius 1 is 1.56 bits per heavy atom. The fourth-order valence-electron chi connectivity index (χ4n) is 1.36. The zero-order valence-electron chi connectivity index (χ0n) is 10.3. The van der Waals surface area contributed by atoms with E-state index in [0.717, 1.165) is 17.7 Å². The summed E-state index contributed by atoms with van der Waals surface area (Å²) in [5.74, 6) is -0.187. The van der Waals surface area contributed by atoms with E-state index < -0.39 is 10.0 Å². The highest BCUT2D eigenvalue weighted by Crippen LogP contribution is 2.18. The molecule has 8 heteroatoms. The van der Waals surface area contributed by atoms with Crippen LogP contribution in [-0.2, 0) is 14.8 Å². The average molecular weight is 291 g/mol. The van der Waals surface area contributed by atoms with E-state index >= 15 is 0 Å². The van der Waals surface area contributed by atoms with Crippen molar-refractivity contribution in [2.45, 2.75) is 25.8 Å². The van der Waals surface area contributed by atoms with Gasteiger partial charge in [0.15, 0.2) is 0 Å². The molecule has 0 saturated carbocycles. The first kappa shape index (κ1) is 15.1. The maximum absolute atomic E-state index is 11.6. The van der Waals surface area contributed by atoms with Crippen molar-refractivity contribution in [3.05, 3.63) is 16.6 Å². The number of thiazole rings is 1. The number of amides is 1. The van der Waals surface area contributed by atoms with Crippen molar-refractivity contribution in [3.63, 3.8) is 0 Å². The highest BCUT2D eigenvalue weighted by atomic mass is 32.2. The lowest BCUT2D eigenvalue weighted by Gasteiger charge is -2.14. The third kappa shape index (κ3) is 5.56. The van der Waals surface area contributed by atoms with Gasteiger partial charge in [0.05, 0.1) is 12.3 Å². The third-order valence-corrected chi connectivity index (χ3v) is 3.83. The fraction of sp³-hybridized carbons (Fsp3) is 0.600. The van der Waals surface area contributed by atoms with E-state index in [1.807, 2.05) is 12.3 Å². The molecule has 102 valence electrons. The molecule has 1 amide bonds. The minimum Gasteiger partial charge on any atom is -0.347 e. The number of hydrogen-bond acceptors (Lipinski definition) is 5. The molecule has 0 fully saturated rings. The predicted octanol–water partition coefficient (Wildman–Crippen LogP) is 0.650. The summed E-state index contributed by atoms with van der Waals surface area (Å²) in [6.07, 6.45) is 3.63. The first-order valence-corrected chi connectivity index (χ1v) is 8.33. The quantitative estimate of drug-likeness (QED) is 0.772. The van der Waals surface area contributed by atoms with E-state index in [1.165, 1.54) is 11.3 Å². The molecule has 6 nitrogen and oxygen atoms in total. The summed E-state index contributed by atoms with van der Waals surface area (Å²) in [6, 6.07) is -0.101. The summed E-state index contributed by atoms with van der Waals surface area (Å²) in [6.45, 7) is 2.07. The molecule has 0 aliphatic heterocycles. The van der Waals surface area contributed by atoms with Crippen LogP contribution in [0.3, 0.4) is 0 Å². The number of aromatic nitrogens is 1. The number of sulfonamides is 1. The van der Waals surface area contributed by atoms with Crippen LogP contribution < -0.4 is 10.0 Å². The molecule has 0 saturated heterocycles. The maximum atomic E-state index is 11.6. The Morgan fingerprint density at radius 2 is 2.28 bits per heavy atom. The molecule has 1 aromatic heterocycles. The van der Waals surface area contributed by atoms with Gasteiger partial charge in [0.1, 0.15) is 5.01 Å². The largest absolute Gasteiger partial charge is 0.347 e. The van der Waals surface area contributed by atoms with Gasteiger partial charge in [-0.25, -0.2) is 18.1 Å².